The van der Waals surface area contributed by atoms with Crippen molar-refractivity contribution in [2.24, 2.45) is 5.41 Å². The number of carbonyl (C=O) groups excluding carboxylic acids is 1. The van der Waals surface area contributed by atoms with Crippen molar-refractivity contribution in [3.05, 3.63) is 41.0 Å². The molecule has 5 nitrogen and oxygen atoms in total. The SMILES string of the molecule is CC1(CNC(=O)c2cn[nH]c2-c2cccc(Cl)c2)CCNCC1. The van der Waals surface area contributed by atoms with Crippen LogP contribution < -0.4 is 10.6 Å². The Morgan fingerprint density at radius 1 is 1.39 bits per heavy atom. The molecule has 6 heteroatoms. The molecule has 0 saturated carbocycles. The molecule has 0 bridgehead atoms. The van der Waals surface area contributed by atoms with Gasteiger partial charge in [-0.15, -0.1) is 0 Å². The van der Waals surface area contributed by atoms with Gasteiger partial charge in [-0.1, -0.05) is 30.7 Å². The number of hydrogen-bond acceptors (Lipinski definition) is 3. The van der Waals surface area contributed by atoms with E-state index >= 15 is 0 Å². The first-order valence-corrected chi connectivity index (χ1v) is 8.23. The summed E-state index contributed by atoms with van der Waals surface area (Å²) in [5.41, 5.74) is 2.25. The molecule has 0 spiro atoms. The van der Waals surface area contributed by atoms with E-state index in [-0.39, 0.29) is 11.3 Å². The molecule has 1 saturated heterocycles. The molecule has 122 valence electrons. The number of nitrogens with zero attached hydrogens (tertiary/aromatic N) is 1. The molecule has 1 aliphatic heterocycles. The van der Waals surface area contributed by atoms with Crippen LogP contribution in [0.3, 0.4) is 0 Å². The standard InChI is InChI=1S/C17H21ClN4O/c1-17(5-7-19-8-6-17)11-20-16(23)14-10-21-22-15(14)12-3-2-4-13(18)9-12/h2-4,9-10,19H,5-8,11H2,1H3,(H,20,23)(H,21,22). The first-order chi connectivity index (χ1) is 11.1. The summed E-state index contributed by atoms with van der Waals surface area (Å²) in [6.07, 6.45) is 3.70. The maximum atomic E-state index is 12.6. The molecular weight excluding hydrogens is 312 g/mol. The first kappa shape index (κ1) is 16.0. The Hall–Kier alpha value is -1.85. The second-order valence-corrected chi connectivity index (χ2v) is 6.85. The molecule has 1 fully saturated rings. The van der Waals surface area contributed by atoms with Gasteiger partial charge in [0.15, 0.2) is 0 Å². The number of piperidine rings is 1. The molecule has 3 N–H and O–H groups in total. The maximum Gasteiger partial charge on any atom is 0.255 e. The third kappa shape index (κ3) is 3.74. The molecule has 2 aromatic rings. The van der Waals surface area contributed by atoms with Crippen LogP contribution >= 0.6 is 11.6 Å². The Morgan fingerprint density at radius 3 is 2.91 bits per heavy atom. The van der Waals surface area contributed by atoms with Crippen molar-refractivity contribution in [2.75, 3.05) is 19.6 Å². The zero-order valence-corrected chi connectivity index (χ0v) is 13.9. The Labute approximate surface area is 140 Å². The quantitative estimate of drug-likeness (QED) is 0.806. The van der Waals surface area contributed by atoms with Crippen LogP contribution in [0.1, 0.15) is 30.1 Å². The van der Waals surface area contributed by atoms with Gasteiger partial charge < -0.3 is 10.6 Å². The van der Waals surface area contributed by atoms with Crippen molar-refractivity contribution in [3.63, 3.8) is 0 Å². The number of rotatable bonds is 4. The van der Waals surface area contributed by atoms with Crippen molar-refractivity contribution in [2.45, 2.75) is 19.8 Å². The van der Waals surface area contributed by atoms with Gasteiger partial charge in [-0.3, -0.25) is 9.89 Å². The highest BCUT2D eigenvalue weighted by Crippen LogP contribution is 2.27. The molecule has 0 aliphatic carbocycles. The summed E-state index contributed by atoms with van der Waals surface area (Å²) in [6, 6.07) is 7.39. The smallest absolute Gasteiger partial charge is 0.255 e. The van der Waals surface area contributed by atoms with Crippen LogP contribution in [-0.4, -0.2) is 35.7 Å². The molecule has 0 unspecified atom stereocenters. The predicted molar refractivity (Wildman–Crippen MR) is 91.6 cm³/mol. The molecule has 1 aromatic carbocycles. The Bertz CT molecular complexity index is 691. The van der Waals surface area contributed by atoms with Gasteiger partial charge in [0.1, 0.15) is 0 Å². The molecule has 1 aliphatic rings. The number of H-pyrrole nitrogens is 1. The first-order valence-electron chi connectivity index (χ1n) is 7.86. The van der Waals surface area contributed by atoms with E-state index in [1.807, 2.05) is 18.2 Å². The summed E-state index contributed by atoms with van der Waals surface area (Å²) < 4.78 is 0. The number of halogens is 1. The van der Waals surface area contributed by atoms with Crippen molar-refractivity contribution in [1.82, 2.24) is 20.8 Å². The second kappa shape index (κ2) is 6.72. The molecule has 3 rings (SSSR count). The minimum atomic E-state index is -0.103. The summed E-state index contributed by atoms with van der Waals surface area (Å²) in [5, 5.41) is 14.0. The summed E-state index contributed by atoms with van der Waals surface area (Å²) in [4.78, 5) is 12.6. The van der Waals surface area contributed by atoms with Crippen molar-refractivity contribution >= 4 is 17.5 Å². The monoisotopic (exact) mass is 332 g/mol. The third-order valence-electron chi connectivity index (χ3n) is 4.48. The summed E-state index contributed by atoms with van der Waals surface area (Å²) in [7, 11) is 0. The number of nitrogens with one attached hydrogen (secondary N) is 3. The zero-order valence-electron chi connectivity index (χ0n) is 13.2. The van der Waals surface area contributed by atoms with Gasteiger partial charge in [-0.05, 0) is 43.5 Å². The van der Waals surface area contributed by atoms with Crippen LogP contribution in [0.5, 0.6) is 0 Å². The van der Waals surface area contributed by atoms with Crippen LogP contribution in [0, 0.1) is 5.41 Å². The van der Waals surface area contributed by atoms with Gasteiger partial charge >= 0.3 is 0 Å². The van der Waals surface area contributed by atoms with Crippen LogP contribution in [0.2, 0.25) is 5.02 Å². The molecule has 2 heterocycles. The number of aromatic nitrogens is 2. The van der Waals surface area contributed by atoms with Gasteiger partial charge in [-0.2, -0.15) is 5.10 Å². The summed E-state index contributed by atoms with van der Waals surface area (Å²) in [6.45, 7) is 4.91. The fourth-order valence-electron chi connectivity index (χ4n) is 2.92. The number of amides is 1. The zero-order chi connectivity index (χ0) is 16.3. The average molecular weight is 333 g/mol. The highest BCUT2D eigenvalue weighted by molar-refractivity contribution is 6.30. The highest BCUT2D eigenvalue weighted by atomic mass is 35.5. The fraction of sp³-hybridized carbons (Fsp3) is 0.412. The number of aromatic amines is 1. The molecule has 0 radical (unpaired) electrons. The third-order valence-corrected chi connectivity index (χ3v) is 4.72. The lowest BCUT2D eigenvalue weighted by atomic mass is 9.81. The van der Waals surface area contributed by atoms with Gasteiger partial charge in [-0.25, -0.2) is 0 Å². The lowest BCUT2D eigenvalue weighted by molar-refractivity contribution is 0.0923. The number of benzene rings is 1. The number of hydrogen-bond donors (Lipinski definition) is 3. The summed E-state index contributed by atoms with van der Waals surface area (Å²) >= 11 is 6.03. The van der Waals surface area contributed by atoms with Gasteiger partial charge in [0.25, 0.3) is 5.91 Å². The van der Waals surface area contributed by atoms with E-state index in [0.717, 1.165) is 31.5 Å². The predicted octanol–water partition coefficient (Wildman–Crippen LogP) is 2.85. The Morgan fingerprint density at radius 2 is 2.17 bits per heavy atom. The Balaban J connectivity index is 1.72. The average Bonchev–Trinajstić information content (AvgIpc) is 3.03. The minimum Gasteiger partial charge on any atom is -0.351 e. The Kier molecular flexibility index (Phi) is 4.68. The molecule has 1 aromatic heterocycles. The topological polar surface area (TPSA) is 69.8 Å². The van der Waals surface area contributed by atoms with Crippen molar-refractivity contribution < 1.29 is 4.79 Å². The van der Waals surface area contributed by atoms with Crippen molar-refractivity contribution in [3.8, 4) is 11.3 Å². The van der Waals surface area contributed by atoms with E-state index < -0.39 is 0 Å². The molecule has 0 atom stereocenters. The molecule has 23 heavy (non-hydrogen) atoms. The van der Waals surface area contributed by atoms with E-state index in [4.69, 9.17) is 11.6 Å². The maximum absolute atomic E-state index is 12.6. The fourth-order valence-corrected chi connectivity index (χ4v) is 3.11. The molecule has 1 amide bonds. The van der Waals surface area contributed by atoms with E-state index in [0.29, 0.717) is 22.8 Å². The van der Waals surface area contributed by atoms with Crippen LogP contribution in [0.4, 0.5) is 0 Å². The highest BCUT2D eigenvalue weighted by Gasteiger charge is 2.27. The van der Waals surface area contributed by atoms with E-state index in [1.54, 1.807) is 12.3 Å². The van der Waals surface area contributed by atoms with E-state index in [1.165, 1.54) is 0 Å². The normalized spacial score (nSPS) is 17.0. The lowest BCUT2D eigenvalue weighted by Gasteiger charge is -2.34. The summed E-state index contributed by atoms with van der Waals surface area (Å²) in [5.74, 6) is -0.103. The van der Waals surface area contributed by atoms with E-state index in [9.17, 15) is 4.79 Å². The molecular formula is C17H21ClN4O. The van der Waals surface area contributed by atoms with Gasteiger partial charge in [0, 0.05) is 17.1 Å². The van der Waals surface area contributed by atoms with Crippen LogP contribution in [0.15, 0.2) is 30.5 Å². The minimum absolute atomic E-state index is 0.103. The van der Waals surface area contributed by atoms with E-state index in [2.05, 4.69) is 27.8 Å². The largest absolute Gasteiger partial charge is 0.351 e. The van der Waals surface area contributed by atoms with Gasteiger partial charge in [0.2, 0.25) is 0 Å². The lowest BCUT2D eigenvalue weighted by Crippen LogP contribution is -2.42. The van der Waals surface area contributed by atoms with Crippen molar-refractivity contribution in [1.29, 1.82) is 0 Å². The number of carbonyl (C=O) groups is 1. The second-order valence-electron chi connectivity index (χ2n) is 6.41. The van der Waals surface area contributed by atoms with Crippen LogP contribution in [0.25, 0.3) is 11.3 Å². The van der Waals surface area contributed by atoms with Crippen LogP contribution in [-0.2, 0) is 0 Å². The van der Waals surface area contributed by atoms with Gasteiger partial charge in [0.05, 0.1) is 17.5 Å².